The van der Waals surface area contributed by atoms with E-state index in [1.54, 1.807) is 6.07 Å². The lowest BCUT2D eigenvalue weighted by Gasteiger charge is -2.46. The molecule has 0 spiro atoms. The molecular formula is C19H17F3IN5O4. The van der Waals surface area contributed by atoms with Crippen LogP contribution in [0.3, 0.4) is 0 Å². The van der Waals surface area contributed by atoms with Crippen LogP contribution in [0.2, 0.25) is 0 Å². The molecule has 0 atom stereocenters. The van der Waals surface area contributed by atoms with Gasteiger partial charge in [0.05, 0.1) is 35.0 Å². The lowest BCUT2D eigenvalue weighted by atomic mass is 9.92. The van der Waals surface area contributed by atoms with Crippen LogP contribution >= 0.6 is 22.6 Å². The van der Waals surface area contributed by atoms with Crippen molar-refractivity contribution in [2.75, 3.05) is 25.0 Å². The Kier molecular flexibility index (Phi) is 6.78. The number of hydrogen-bond acceptors (Lipinski definition) is 7. The zero-order chi connectivity index (χ0) is 23.6. The maximum absolute atomic E-state index is 14.5. The fraction of sp³-hybridized carbons (Fsp3) is 0.211. The first-order valence-electron chi connectivity index (χ1n) is 9.05. The number of β-amino-alcohol motifs (C(OH)–C–C–N with tert-alkyl or cyclic N) is 1. The van der Waals surface area contributed by atoms with E-state index in [0.717, 1.165) is 17.0 Å². The third-order valence-corrected chi connectivity index (χ3v) is 5.31. The number of amides is 1. The highest BCUT2D eigenvalue weighted by Crippen LogP contribution is 2.31. The van der Waals surface area contributed by atoms with Gasteiger partial charge in [-0.15, -0.1) is 0 Å². The Morgan fingerprint density at radius 3 is 2.59 bits per heavy atom. The highest BCUT2D eigenvalue weighted by atomic mass is 127. The summed E-state index contributed by atoms with van der Waals surface area (Å²) in [5.41, 5.74) is 3.01. The van der Waals surface area contributed by atoms with Gasteiger partial charge in [-0.1, -0.05) is 0 Å². The third kappa shape index (κ3) is 5.21. The summed E-state index contributed by atoms with van der Waals surface area (Å²) in [6.07, 6.45) is 0.522. The molecule has 2 aromatic rings. The first-order chi connectivity index (χ1) is 15.0. The van der Waals surface area contributed by atoms with Gasteiger partial charge in [-0.25, -0.2) is 13.2 Å². The van der Waals surface area contributed by atoms with Crippen molar-refractivity contribution >= 4 is 39.9 Å². The molecule has 1 saturated heterocycles. The largest absolute Gasteiger partial charge is 0.384 e. The molecule has 1 heterocycles. The minimum absolute atomic E-state index is 0.152. The number of nitrogens with two attached hydrogens (primary N) is 1. The van der Waals surface area contributed by atoms with Crippen molar-refractivity contribution in [1.82, 2.24) is 10.2 Å². The average molecular weight is 563 g/mol. The van der Waals surface area contributed by atoms with Crippen molar-refractivity contribution < 1.29 is 28.0 Å². The van der Waals surface area contributed by atoms with E-state index < -0.39 is 39.6 Å². The van der Waals surface area contributed by atoms with Crippen LogP contribution in [0.4, 0.5) is 24.5 Å². The summed E-state index contributed by atoms with van der Waals surface area (Å²) in [4.78, 5) is 23.6. The van der Waals surface area contributed by atoms with Crippen molar-refractivity contribution in [3.63, 3.8) is 0 Å². The summed E-state index contributed by atoms with van der Waals surface area (Å²) < 4.78 is 43.1. The van der Waals surface area contributed by atoms with E-state index in [-0.39, 0.29) is 36.7 Å². The van der Waals surface area contributed by atoms with Crippen molar-refractivity contribution in [2.45, 2.75) is 5.60 Å². The van der Waals surface area contributed by atoms with Gasteiger partial charge in [-0.05, 0) is 52.9 Å². The number of rotatable bonds is 7. The van der Waals surface area contributed by atoms with E-state index in [2.05, 4.69) is 10.6 Å². The van der Waals surface area contributed by atoms with Gasteiger partial charge in [-0.3, -0.25) is 14.9 Å². The Morgan fingerprint density at radius 2 is 1.97 bits per heavy atom. The highest BCUT2D eigenvalue weighted by Gasteiger charge is 2.44. The second kappa shape index (κ2) is 9.20. The van der Waals surface area contributed by atoms with Crippen LogP contribution in [-0.4, -0.2) is 46.1 Å². The molecule has 9 nitrogen and oxygen atoms in total. The van der Waals surface area contributed by atoms with Crippen LogP contribution in [-0.2, 0) is 0 Å². The molecule has 1 aliphatic rings. The molecule has 1 fully saturated rings. The van der Waals surface area contributed by atoms with Gasteiger partial charge in [0, 0.05) is 10.1 Å². The molecule has 0 bridgehead atoms. The molecule has 32 heavy (non-hydrogen) atoms. The number of carbonyl (C=O) groups is 1. The van der Waals surface area contributed by atoms with Crippen molar-refractivity contribution in [1.29, 1.82) is 0 Å². The number of anilines is 2. The van der Waals surface area contributed by atoms with E-state index in [0.29, 0.717) is 9.77 Å². The van der Waals surface area contributed by atoms with Crippen LogP contribution in [0.5, 0.6) is 0 Å². The van der Waals surface area contributed by atoms with Gasteiger partial charge in [0.15, 0.2) is 17.5 Å². The summed E-state index contributed by atoms with van der Waals surface area (Å²) >= 11 is 1.89. The Balaban J connectivity index is 1.76. The smallest absolute Gasteiger partial charge is 0.273 e. The molecule has 0 aromatic heterocycles. The molecule has 170 valence electrons. The summed E-state index contributed by atoms with van der Waals surface area (Å²) in [7, 11) is 0. The number of nitro groups is 1. The number of halogens is 4. The first-order valence-corrected chi connectivity index (χ1v) is 10.1. The van der Waals surface area contributed by atoms with E-state index in [4.69, 9.17) is 5.73 Å². The summed E-state index contributed by atoms with van der Waals surface area (Å²) in [5, 5.41) is 25.7. The van der Waals surface area contributed by atoms with Crippen molar-refractivity contribution in [3.8, 4) is 0 Å². The zero-order valence-corrected chi connectivity index (χ0v) is 18.4. The summed E-state index contributed by atoms with van der Waals surface area (Å²) in [6.45, 7) is -0.564. The molecule has 0 saturated carbocycles. The lowest BCUT2D eigenvalue weighted by molar-refractivity contribution is -0.403. The van der Waals surface area contributed by atoms with E-state index >= 15 is 0 Å². The number of likely N-dealkylation sites (tertiary alicyclic amines) is 1. The Hall–Kier alpha value is -3.07. The normalized spacial score (nSPS) is 15.2. The van der Waals surface area contributed by atoms with Crippen molar-refractivity contribution in [3.05, 3.63) is 79.1 Å². The maximum Gasteiger partial charge on any atom is 0.273 e. The second-order valence-corrected chi connectivity index (χ2v) is 8.39. The molecule has 5 N–H and O–H groups in total. The Morgan fingerprint density at radius 1 is 1.28 bits per heavy atom. The van der Waals surface area contributed by atoms with Crippen LogP contribution < -0.4 is 16.4 Å². The molecule has 2 aromatic carbocycles. The monoisotopic (exact) mass is 563 g/mol. The predicted molar refractivity (Wildman–Crippen MR) is 117 cm³/mol. The molecular weight excluding hydrogens is 546 g/mol. The molecule has 1 aliphatic heterocycles. The molecule has 0 unspecified atom stereocenters. The standard InChI is InChI=1S/C19H17F3IN5O4/c20-12-3-2-11(17(16(12)22)26-14-4-1-10(23)5-13(14)21)18(29)27-8-19(30,9-27)7-25-15(24)6-28(31)32/h1-6,25-26,30H,7-9,24H2/b15-6-. The van der Waals surface area contributed by atoms with Crippen LogP contribution in [0.1, 0.15) is 10.4 Å². The van der Waals surface area contributed by atoms with Crippen LogP contribution in [0, 0.1) is 31.1 Å². The van der Waals surface area contributed by atoms with Gasteiger partial charge in [0.2, 0.25) is 0 Å². The number of nitrogens with one attached hydrogen (secondary N) is 2. The molecule has 13 heteroatoms. The third-order valence-electron chi connectivity index (χ3n) is 4.64. The van der Waals surface area contributed by atoms with Crippen molar-refractivity contribution in [2.24, 2.45) is 5.73 Å². The molecule has 0 aliphatic carbocycles. The van der Waals surface area contributed by atoms with Gasteiger partial charge in [0.25, 0.3) is 12.1 Å². The van der Waals surface area contributed by atoms with E-state index in [1.807, 2.05) is 22.6 Å². The minimum Gasteiger partial charge on any atom is -0.384 e. The number of nitrogens with zero attached hydrogens (tertiary/aromatic N) is 2. The van der Waals surface area contributed by atoms with Crippen LogP contribution in [0.25, 0.3) is 0 Å². The quantitative estimate of drug-likeness (QED) is 0.231. The number of aliphatic hydroxyl groups is 1. The molecule has 3 rings (SSSR count). The van der Waals surface area contributed by atoms with Gasteiger partial charge in [-0.2, -0.15) is 0 Å². The Labute approximate surface area is 193 Å². The summed E-state index contributed by atoms with van der Waals surface area (Å²) in [6, 6.07) is 5.89. The van der Waals surface area contributed by atoms with Gasteiger partial charge < -0.3 is 26.4 Å². The second-order valence-electron chi connectivity index (χ2n) is 7.14. The SMILES string of the molecule is N/C(=C/[N+](=O)[O-])NCC1(O)CN(C(=O)c2ccc(F)c(F)c2Nc2ccc(I)cc2F)C1. The summed E-state index contributed by atoms with van der Waals surface area (Å²) in [5.74, 6) is -4.31. The fourth-order valence-corrected chi connectivity index (χ4v) is 3.55. The highest BCUT2D eigenvalue weighted by molar-refractivity contribution is 14.1. The average Bonchev–Trinajstić information content (AvgIpc) is 2.68. The maximum atomic E-state index is 14.5. The minimum atomic E-state index is -1.43. The lowest BCUT2D eigenvalue weighted by Crippen LogP contribution is -2.67. The molecule has 0 radical (unpaired) electrons. The van der Waals surface area contributed by atoms with Gasteiger partial charge >= 0.3 is 0 Å². The first kappa shape index (κ1) is 23.6. The fourth-order valence-electron chi connectivity index (χ4n) is 3.09. The van der Waals surface area contributed by atoms with Gasteiger partial charge in [0.1, 0.15) is 11.4 Å². The topological polar surface area (TPSA) is 134 Å². The number of benzene rings is 2. The number of carbonyl (C=O) groups excluding carboxylic acids is 1. The van der Waals surface area contributed by atoms with E-state index in [1.165, 1.54) is 12.1 Å². The zero-order valence-electron chi connectivity index (χ0n) is 16.2. The number of hydrogen-bond donors (Lipinski definition) is 4. The van der Waals surface area contributed by atoms with Crippen LogP contribution in [0.15, 0.2) is 42.4 Å². The Bertz CT molecular complexity index is 1110. The molecule has 1 amide bonds. The van der Waals surface area contributed by atoms with E-state index in [9.17, 15) is 33.2 Å². The predicted octanol–water partition coefficient (Wildman–Crippen LogP) is 2.26.